The molecule has 0 saturated carbocycles. The Labute approximate surface area is 105 Å². The van der Waals surface area contributed by atoms with E-state index in [0.717, 1.165) is 13.1 Å². The van der Waals surface area contributed by atoms with E-state index in [2.05, 4.69) is 18.7 Å². The van der Waals surface area contributed by atoms with E-state index in [9.17, 15) is 8.42 Å². The van der Waals surface area contributed by atoms with Crippen molar-refractivity contribution < 1.29 is 8.42 Å². The Morgan fingerprint density at radius 3 is 2.12 bits per heavy atom. The highest BCUT2D eigenvalue weighted by atomic mass is 32.2. The fourth-order valence-electron chi connectivity index (χ4n) is 1.87. The highest BCUT2D eigenvalue weighted by molar-refractivity contribution is 7.92. The fourth-order valence-corrected chi connectivity index (χ4v) is 2.98. The summed E-state index contributed by atoms with van der Waals surface area (Å²) in [5.41, 5.74) is 6.05. The lowest BCUT2D eigenvalue weighted by Gasteiger charge is -2.50. The first-order valence-electron chi connectivity index (χ1n) is 6.21. The summed E-state index contributed by atoms with van der Waals surface area (Å²) in [7, 11) is -3.01. The van der Waals surface area contributed by atoms with Gasteiger partial charge in [0.25, 0.3) is 0 Å². The van der Waals surface area contributed by atoms with Crippen molar-refractivity contribution >= 4 is 9.84 Å². The van der Waals surface area contributed by atoms with Gasteiger partial charge in [0, 0.05) is 25.2 Å². The van der Waals surface area contributed by atoms with E-state index >= 15 is 0 Å². The maximum atomic E-state index is 11.9. The molecular formula is C12H26N2O2S. The average molecular weight is 262 g/mol. The predicted molar refractivity (Wildman–Crippen MR) is 71.7 cm³/mol. The summed E-state index contributed by atoms with van der Waals surface area (Å²) in [6, 6.07) is 0. The summed E-state index contributed by atoms with van der Waals surface area (Å²) in [6.45, 7) is 11.7. The van der Waals surface area contributed by atoms with Crippen LogP contribution < -0.4 is 5.73 Å². The Kier molecular flexibility index (Phi) is 3.97. The molecule has 1 fully saturated rings. The smallest absolute Gasteiger partial charge is 0.156 e. The highest BCUT2D eigenvalue weighted by Crippen LogP contribution is 2.26. The molecule has 17 heavy (non-hydrogen) atoms. The molecule has 0 aliphatic carbocycles. The number of nitrogens with two attached hydrogens (primary N) is 1. The molecule has 1 rings (SSSR count). The van der Waals surface area contributed by atoms with Gasteiger partial charge in [0.15, 0.2) is 9.84 Å². The average Bonchev–Trinajstić information content (AvgIpc) is 2.08. The quantitative estimate of drug-likeness (QED) is 0.816. The molecule has 1 aliphatic rings. The monoisotopic (exact) mass is 262 g/mol. The summed E-state index contributed by atoms with van der Waals surface area (Å²) < 4.78 is 23.2. The van der Waals surface area contributed by atoms with Gasteiger partial charge in [0.2, 0.25) is 0 Å². The van der Waals surface area contributed by atoms with Crippen LogP contribution >= 0.6 is 0 Å². The van der Waals surface area contributed by atoms with E-state index in [0.29, 0.717) is 12.5 Å². The van der Waals surface area contributed by atoms with Crippen molar-refractivity contribution in [2.24, 2.45) is 11.7 Å². The lowest BCUT2D eigenvalue weighted by Crippen LogP contribution is -2.70. The topological polar surface area (TPSA) is 63.4 Å². The Morgan fingerprint density at radius 1 is 1.29 bits per heavy atom. The molecule has 0 amide bonds. The van der Waals surface area contributed by atoms with Crippen LogP contribution in [0.4, 0.5) is 0 Å². The molecule has 102 valence electrons. The molecule has 0 bridgehead atoms. The van der Waals surface area contributed by atoms with Gasteiger partial charge in [-0.05, 0) is 26.7 Å². The molecule has 0 radical (unpaired) electrons. The van der Waals surface area contributed by atoms with E-state index in [-0.39, 0.29) is 11.3 Å². The van der Waals surface area contributed by atoms with Crippen LogP contribution in [0.15, 0.2) is 0 Å². The predicted octanol–water partition coefficient (Wildman–Crippen LogP) is 0.869. The van der Waals surface area contributed by atoms with Gasteiger partial charge in [-0.15, -0.1) is 0 Å². The van der Waals surface area contributed by atoms with Crippen LogP contribution in [-0.4, -0.2) is 49.0 Å². The Bertz CT molecular complexity index is 362. The van der Waals surface area contributed by atoms with Crippen molar-refractivity contribution in [3.63, 3.8) is 0 Å². The van der Waals surface area contributed by atoms with E-state index in [4.69, 9.17) is 5.73 Å². The van der Waals surface area contributed by atoms with Crippen LogP contribution in [0.5, 0.6) is 0 Å². The lowest BCUT2D eigenvalue weighted by atomic mass is 9.80. The number of rotatable bonds is 4. The molecule has 5 heteroatoms. The van der Waals surface area contributed by atoms with Gasteiger partial charge in [0.05, 0.1) is 10.5 Å². The largest absolute Gasteiger partial charge is 0.323 e. The van der Waals surface area contributed by atoms with Crippen LogP contribution in [0.25, 0.3) is 0 Å². The fraction of sp³-hybridized carbons (Fsp3) is 1.00. The van der Waals surface area contributed by atoms with Gasteiger partial charge in [-0.2, -0.15) is 0 Å². The maximum Gasteiger partial charge on any atom is 0.156 e. The lowest BCUT2D eigenvalue weighted by molar-refractivity contribution is 0.0433. The van der Waals surface area contributed by atoms with Gasteiger partial charge in [-0.3, -0.25) is 4.90 Å². The Hall–Kier alpha value is -0.130. The summed E-state index contributed by atoms with van der Waals surface area (Å²) in [5, 5.41) is 0. The maximum absolute atomic E-state index is 11.9. The number of sulfone groups is 1. The summed E-state index contributed by atoms with van der Waals surface area (Å²) in [5.74, 6) is 0.669. The van der Waals surface area contributed by atoms with Crippen LogP contribution in [0, 0.1) is 5.92 Å². The molecule has 1 aliphatic heterocycles. The summed E-state index contributed by atoms with van der Waals surface area (Å²) in [4.78, 5) is 2.13. The Balaban J connectivity index is 2.42. The first-order valence-corrected chi connectivity index (χ1v) is 7.87. The van der Waals surface area contributed by atoms with Gasteiger partial charge in [-0.1, -0.05) is 13.8 Å². The summed E-state index contributed by atoms with van der Waals surface area (Å²) >= 11 is 0. The molecule has 0 spiro atoms. The second kappa shape index (κ2) is 4.52. The van der Waals surface area contributed by atoms with Crippen molar-refractivity contribution in [3.05, 3.63) is 0 Å². The third-order valence-corrected chi connectivity index (χ3v) is 6.38. The minimum absolute atomic E-state index is 0.120. The zero-order valence-electron chi connectivity index (χ0n) is 11.7. The van der Waals surface area contributed by atoms with E-state index in [1.165, 1.54) is 0 Å². The molecule has 2 N–H and O–H groups in total. The van der Waals surface area contributed by atoms with Crippen LogP contribution in [-0.2, 0) is 9.84 Å². The van der Waals surface area contributed by atoms with Crippen molar-refractivity contribution in [1.82, 2.24) is 4.90 Å². The molecule has 1 saturated heterocycles. The molecule has 0 atom stereocenters. The van der Waals surface area contributed by atoms with Crippen molar-refractivity contribution in [2.45, 2.75) is 44.9 Å². The zero-order chi connectivity index (χ0) is 13.5. The minimum atomic E-state index is -3.01. The van der Waals surface area contributed by atoms with Gasteiger partial charge in [0.1, 0.15) is 0 Å². The van der Waals surface area contributed by atoms with Gasteiger partial charge >= 0.3 is 0 Å². The van der Waals surface area contributed by atoms with Crippen LogP contribution in [0.3, 0.4) is 0 Å². The van der Waals surface area contributed by atoms with Crippen molar-refractivity contribution in [3.8, 4) is 0 Å². The Morgan fingerprint density at radius 2 is 1.76 bits per heavy atom. The standard InChI is InChI=1S/C12H26N2O2S/c1-10(2)12(13)8-14(9-12)6-7-17(15,16)11(3,4)5/h10H,6-9,13H2,1-5H3. The van der Waals surface area contributed by atoms with Gasteiger partial charge in [-0.25, -0.2) is 8.42 Å². The molecular weight excluding hydrogens is 236 g/mol. The third kappa shape index (κ3) is 3.20. The molecule has 0 aromatic rings. The number of hydrogen-bond donors (Lipinski definition) is 1. The zero-order valence-corrected chi connectivity index (χ0v) is 12.5. The second-order valence-electron chi connectivity index (χ2n) is 6.53. The number of hydrogen-bond acceptors (Lipinski definition) is 4. The molecule has 0 unspecified atom stereocenters. The van der Waals surface area contributed by atoms with Crippen LogP contribution in [0.2, 0.25) is 0 Å². The van der Waals surface area contributed by atoms with Crippen molar-refractivity contribution in [1.29, 1.82) is 0 Å². The SMILES string of the molecule is CC(C)C1(N)CN(CCS(=O)(=O)C(C)(C)C)C1. The van der Waals surface area contributed by atoms with E-state index in [1.807, 2.05) is 0 Å². The molecule has 0 aromatic carbocycles. The molecule has 1 heterocycles. The van der Waals surface area contributed by atoms with Gasteiger partial charge < -0.3 is 5.73 Å². The molecule has 0 aromatic heterocycles. The number of nitrogens with zero attached hydrogens (tertiary/aromatic N) is 1. The summed E-state index contributed by atoms with van der Waals surface area (Å²) in [6.07, 6.45) is 0. The minimum Gasteiger partial charge on any atom is -0.323 e. The van der Waals surface area contributed by atoms with E-state index < -0.39 is 14.6 Å². The second-order valence-corrected chi connectivity index (χ2v) is 9.39. The first-order chi connectivity index (χ1) is 7.48. The van der Waals surface area contributed by atoms with Crippen LogP contribution in [0.1, 0.15) is 34.6 Å². The highest BCUT2D eigenvalue weighted by Gasteiger charge is 2.42. The molecule has 4 nitrogen and oxygen atoms in total. The first kappa shape index (κ1) is 14.9. The number of likely N-dealkylation sites (tertiary alicyclic amines) is 1. The third-order valence-electron chi connectivity index (χ3n) is 3.80. The normalized spacial score (nSPS) is 21.6. The van der Waals surface area contributed by atoms with Crippen molar-refractivity contribution in [2.75, 3.05) is 25.4 Å². The van der Waals surface area contributed by atoms with E-state index in [1.54, 1.807) is 20.8 Å².